The van der Waals surface area contributed by atoms with Gasteiger partial charge in [-0.05, 0) is 66.8 Å². The molecule has 0 fully saturated rings. The van der Waals surface area contributed by atoms with E-state index in [4.69, 9.17) is 9.40 Å². The van der Waals surface area contributed by atoms with Gasteiger partial charge in [0.05, 0.1) is 11.2 Å². The van der Waals surface area contributed by atoms with Gasteiger partial charge in [-0.1, -0.05) is 18.2 Å². The summed E-state index contributed by atoms with van der Waals surface area (Å²) in [4.78, 5) is 8.89. The lowest BCUT2D eigenvalue weighted by Gasteiger charge is -2.12. The fraction of sp³-hybridized carbons (Fsp3) is 0.130. The van der Waals surface area contributed by atoms with Gasteiger partial charge in [-0.3, -0.25) is 4.40 Å². The van der Waals surface area contributed by atoms with E-state index in [1.54, 1.807) is 6.07 Å². The lowest BCUT2D eigenvalue weighted by molar-refractivity contribution is 0.355. The number of benzene rings is 3. The van der Waals surface area contributed by atoms with Crippen molar-refractivity contribution in [1.82, 2.24) is 14.4 Å². The fourth-order valence-corrected chi connectivity index (χ4v) is 4.35. The van der Waals surface area contributed by atoms with E-state index in [-0.39, 0.29) is 0 Å². The van der Waals surface area contributed by atoms with E-state index in [0.29, 0.717) is 11.1 Å². The maximum absolute atomic E-state index is 13.8. The zero-order valence-corrected chi connectivity index (χ0v) is 15.7. The highest BCUT2D eigenvalue weighted by Crippen LogP contribution is 2.37. The zero-order valence-electron chi connectivity index (χ0n) is 15.7. The van der Waals surface area contributed by atoms with Gasteiger partial charge in [-0.25, -0.2) is 4.98 Å². The Morgan fingerprint density at radius 1 is 0.893 bits per heavy atom. The van der Waals surface area contributed by atoms with Crippen LogP contribution in [0.4, 0.5) is 4.39 Å². The first kappa shape index (κ1) is 15.6. The lowest BCUT2D eigenvalue weighted by atomic mass is 9.98. The Bertz CT molecular complexity index is 1610. The number of aryl methyl sites for hydroxylation is 3. The average molecular weight is 369 g/mol. The van der Waals surface area contributed by atoms with Crippen molar-refractivity contribution in [2.24, 2.45) is 0 Å². The summed E-state index contributed by atoms with van der Waals surface area (Å²) in [5.41, 5.74) is 5.83. The van der Waals surface area contributed by atoms with Crippen LogP contribution in [-0.4, -0.2) is 14.4 Å². The SMILES string of the molecule is Cc1nc2c3cc4cccc(C)c4cc3c3ccc4oc(F)nc4c3n2c1C. The highest BCUT2D eigenvalue weighted by molar-refractivity contribution is 6.20. The normalized spacial score (nSPS) is 12.3. The number of hydrogen-bond acceptors (Lipinski definition) is 3. The molecule has 0 amide bonds. The van der Waals surface area contributed by atoms with Crippen LogP contribution in [0.15, 0.2) is 46.9 Å². The van der Waals surface area contributed by atoms with Crippen molar-refractivity contribution in [3.05, 3.63) is 65.6 Å². The molecule has 3 aromatic carbocycles. The predicted octanol–water partition coefficient (Wildman–Crippen LogP) is 6.00. The molecular formula is C23H16FN3O. The summed E-state index contributed by atoms with van der Waals surface area (Å²) in [6, 6.07) is 14.5. The Labute approximate surface area is 159 Å². The molecule has 0 bridgehead atoms. The molecular weight excluding hydrogens is 353 g/mol. The number of aromatic nitrogens is 3. The number of nitrogens with zero attached hydrogens (tertiary/aromatic N) is 3. The molecule has 0 N–H and O–H groups in total. The minimum Gasteiger partial charge on any atom is -0.415 e. The lowest BCUT2D eigenvalue weighted by Crippen LogP contribution is -1.95. The van der Waals surface area contributed by atoms with Crippen LogP contribution in [-0.2, 0) is 0 Å². The topological polar surface area (TPSA) is 43.3 Å². The van der Waals surface area contributed by atoms with E-state index in [0.717, 1.165) is 38.7 Å². The third-order valence-corrected chi connectivity index (χ3v) is 5.84. The molecule has 0 aliphatic rings. The van der Waals surface area contributed by atoms with E-state index in [2.05, 4.69) is 46.6 Å². The number of hydrogen-bond donors (Lipinski definition) is 0. The number of imidazole rings is 1. The third kappa shape index (κ3) is 1.83. The third-order valence-electron chi connectivity index (χ3n) is 5.84. The Morgan fingerprint density at radius 2 is 1.75 bits per heavy atom. The average Bonchev–Trinajstić information content (AvgIpc) is 3.20. The molecule has 3 heterocycles. The van der Waals surface area contributed by atoms with Crippen LogP contribution in [0.2, 0.25) is 0 Å². The minimum absolute atomic E-state index is 0.438. The molecule has 136 valence electrons. The molecule has 3 aromatic heterocycles. The molecule has 6 aromatic rings. The summed E-state index contributed by atoms with van der Waals surface area (Å²) >= 11 is 0. The molecule has 0 atom stereocenters. The largest absolute Gasteiger partial charge is 0.415 e. The van der Waals surface area contributed by atoms with Gasteiger partial charge in [0.2, 0.25) is 0 Å². The van der Waals surface area contributed by atoms with Crippen molar-refractivity contribution in [3.8, 4) is 0 Å². The minimum atomic E-state index is -0.820. The highest BCUT2D eigenvalue weighted by Gasteiger charge is 2.19. The zero-order chi connectivity index (χ0) is 19.2. The maximum Gasteiger partial charge on any atom is 0.382 e. The van der Waals surface area contributed by atoms with Crippen LogP contribution in [0.3, 0.4) is 0 Å². The second kappa shape index (κ2) is 5.07. The molecule has 4 nitrogen and oxygen atoms in total. The van der Waals surface area contributed by atoms with Crippen molar-refractivity contribution in [2.75, 3.05) is 0 Å². The Balaban J connectivity index is 2.01. The van der Waals surface area contributed by atoms with Crippen LogP contribution < -0.4 is 0 Å². The molecule has 0 saturated heterocycles. The summed E-state index contributed by atoms with van der Waals surface area (Å²) in [6.07, 6.45) is -0.820. The molecule has 0 aliphatic heterocycles. The fourth-order valence-electron chi connectivity index (χ4n) is 4.35. The van der Waals surface area contributed by atoms with Crippen LogP contribution in [0, 0.1) is 26.9 Å². The number of oxazole rings is 1. The molecule has 5 heteroatoms. The molecule has 6 rings (SSSR count). The smallest absolute Gasteiger partial charge is 0.382 e. The van der Waals surface area contributed by atoms with Crippen molar-refractivity contribution in [2.45, 2.75) is 20.8 Å². The van der Waals surface area contributed by atoms with Crippen LogP contribution in [0.5, 0.6) is 0 Å². The van der Waals surface area contributed by atoms with E-state index < -0.39 is 6.14 Å². The second-order valence-electron chi connectivity index (χ2n) is 7.41. The van der Waals surface area contributed by atoms with Gasteiger partial charge >= 0.3 is 6.14 Å². The molecule has 28 heavy (non-hydrogen) atoms. The molecule has 0 saturated carbocycles. The van der Waals surface area contributed by atoms with E-state index in [9.17, 15) is 4.39 Å². The monoisotopic (exact) mass is 369 g/mol. The Hall–Kier alpha value is -3.47. The maximum atomic E-state index is 13.8. The number of pyridine rings is 1. The van der Waals surface area contributed by atoms with E-state index in [1.165, 1.54) is 16.3 Å². The standard InChI is InChI=1S/C23H16FN3O/c1-11-5-4-6-14-9-18-17(10-16(11)14)15-7-8-19-20(26-23(24)28-19)21(15)27-13(3)12(2)25-22(18)27/h4-10H,1-3H3. The van der Waals surface area contributed by atoms with Gasteiger partial charge in [0, 0.05) is 16.5 Å². The van der Waals surface area contributed by atoms with Crippen molar-refractivity contribution in [3.63, 3.8) is 0 Å². The highest BCUT2D eigenvalue weighted by atomic mass is 19.1. The van der Waals surface area contributed by atoms with Crippen molar-refractivity contribution in [1.29, 1.82) is 0 Å². The summed E-state index contributed by atoms with van der Waals surface area (Å²) in [5.74, 6) is 0. The van der Waals surface area contributed by atoms with Crippen molar-refractivity contribution >= 4 is 49.2 Å². The van der Waals surface area contributed by atoms with Crippen molar-refractivity contribution < 1.29 is 8.81 Å². The summed E-state index contributed by atoms with van der Waals surface area (Å²) in [7, 11) is 0. The Kier molecular flexibility index (Phi) is 2.82. The van der Waals surface area contributed by atoms with Crippen LogP contribution in [0.1, 0.15) is 17.0 Å². The number of halogens is 1. The second-order valence-corrected chi connectivity index (χ2v) is 7.41. The van der Waals surface area contributed by atoms with Crippen LogP contribution in [0.25, 0.3) is 49.2 Å². The molecule has 0 aliphatic carbocycles. The first-order chi connectivity index (χ1) is 13.5. The first-order valence-electron chi connectivity index (χ1n) is 9.22. The van der Waals surface area contributed by atoms with Gasteiger partial charge in [-0.2, -0.15) is 4.98 Å². The Morgan fingerprint density at radius 3 is 2.61 bits per heavy atom. The van der Waals surface area contributed by atoms with E-state index in [1.807, 2.05) is 19.9 Å². The van der Waals surface area contributed by atoms with Gasteiger partial charge in [0.15, 0.2) is 5.58 Å². The summed E-state index contributed by atoms with van der Waals surface area (Å²) < 4.78 is 21.1. The van der Waals surface area contributed by atoms with Gasteiger partial charge in [0.25, 0.3) is 0 Å². The number of fused-ring (bicyclic) bond motifs is 9. The van der Waals surface area contributed by atoms with Crippen LogP contribution >= 0.6 is 0 Å². The first-order valence-corrected chi connectivity index (χ1v) is 9.22. The summed E-state index contributed by atoms with van der Waals surface area (Å²) in [5, 5.41) is 5.55. The quantitative estimate of drug-likeness (QED) is 0.244. The van der Waals surface area contributed by atoms with Gasteiger partial charge < -0.3 is 4.42 Å². The van der Waals surface area contributed by atoms with Gasteiger partial charge in [0.1, 0.15) is 11.2 Å². The predicted molar refractivity (Wildman–Crippen MR) is 109 cm³/mol. The van der Waals surface area contributed by atoms with E-state index >= 15 is 0 Å². The number of rotatable bonds is 0. The molecule has 0 radical (unpaired) electrons. The molecule has 0 spiro atoms. The van der Waals surface area contributed by atoms with Gasteiger partial charge in [-0.15, -0.1) is 4.39 Å². The summed E-state index contributed by atoms with van der Waals surface area (Å²) in [6.45, 7) is 6.14. The molecule has 0 unspecified atom stereocenters.